The second kappa shape index (κ2) is 8.25. The highest BCUT2D eigenvalue weighted by molar-refractivity contribution is 5.88. The fourth-order valence-electron chi connectivity index (χ4n) is 3.85. The Kier molecular flexibility index (Phi) is 5.33. The van der Waals surface area contributed by atoms with Crippen LogP contribution in [-0.4, -0.2) is 29.0 Å². The number of nitrogens with one attached hydrogen (secondary N) is 1. The van der Waals surface area contributed by atoms with Crippen molar-refractivity contribution in [2.75, 3.05) is 23.3 Å². The first-order chi connectivity index (χ1) is 15.0. The molecule has 154 valence electrons. The lowest BCUT2D eigenvalue weighted by atomic mass is 10.0. The van der Waals surface area contributed by atoms with Gasteiger partial charge in [-0.3, -0.25) is 10.1 Å². The lowest BCUT2D eigenvalue weighted by Crippen LogP contribution is -2.42. The van der Waals surface area contributed by atoms with Crippen LogP contribution in [0.1, 0.15) is 24.0 Å². The van der Waals surface area contributed by atoms with Gasteiger partial charge in [0, 0.05) is 36.7 Å². The van der Waals surface area contributed by atoms with E-state index in [1.165, 1.54) is 24.3 Å². The molecule has 2 aromatic carbocycles. The number of nitro benzene ring substituents is 1. The highest BCUT2D eigenvalue weighted by atomic mass is 19.1. The summed E-state index contributed by atoms with van der Waals surface area (Å²) < 4.78 is 14.4. The molecule has 1 fully saturated rings. The molecule has 1 saturated heterocycles. The minimum atomic E-state index is -0.508. The number of hydrogen-bond donors (Lipinski definition) is 1. The average Bonchev–Trinajstić information content (AvgIpc) is 2.78. The average molecular weight is 416 g/mol. The maximum Gasteiger partial charge on any atom is 0.270 e. The molecular weight excluding hydrogens is 399 g/mol. The van der Waals surface area contributed by atoms with E-state index < -0.39 is 10.7 Å². The van der Waals surface area contributed by atoms with E-state index >= 15 is 0 Å². The number of anilines is 2. The molecule has 31 heavy (non-hydrogen) atoms. The molecule has 4 rings (SSSR count). The zero-order valence-electron chi connectivity index (χ0n) is 16.4. The van der Waals surface area contributed by atoms with Gasteiger partial charge in [0.1, 0.15) is 11.6 Å². The minimum Gasteiger partial charge on any atom is -0.367 e. The van der Waals surface area contributed by atoms with E-state index in [4.69, 9.17) is 5.26 Å². The highest BCUT2D eigenvalue weighted by Gasteiger charge is 2.23. The Labute approximate surface area is 177 Å². The summed E-state index contributed by atoms with van der Waals surface area (Å²) in [6.07, 6.45) is 1.68. The summed E-state index contributed by atoms with van der Waals surface area (Å²) in [4.78, 5) is 16.9. The molecule has 0 amide bonds. The van der Waals surface area contributed by atoms with Crippen molar-refractivity contribution in [2.45, 2.75) is 18.9 Å². The van der Waals surface area contributed by atoms with Crippen molar-refractivity contribution in [1.29, 1.82) is 10.5 Å². The molecule has 1 N–H and O–H groups in total. The van der Waals surface area contributed by atoms with Crippen LogP contribution >= 0.6 is 0 Å². The summed E-state index contributed by atoms with van der Waals surface area (Å²) in [5.74, 6) is 0.0574. The maximum atomic E-state index is 14.4. The molecule has 1 unspecified atom stereocenters. The molecule has 0 spiro atoms. The van der Waals surface area contributed by atoms with Gasteiger partial charge in [-0.05, 0) is 43.2 Å². The van der Waals surface area contributed by atoms with Gasteiger partial charge in [0.25, 0.3) is 5.69 Å². The van der Waals surface area contributed by atoms with Gasteiger partial charge in [0.15, 0.2) is 0 Å². The minimum absolute atomic E-state index is 0.0293. The predicted octanol–water partition coefficient (Wildman–Crippen LogP) is 4.11. The molecular formula is C22H17FN6O2. The van der Waals surface area contributed by atoms with E-state index in [0.717, 1.165) is 12.8 Å². The molecule has 0 bridgehead atoms. The number of pyridine rings is 1. The lowest BCUT2D eigenvalue weighted by molar-refractivity contribution is -0.384. The molecule has 1 aliphatic heterocycles. The van der Waals surface area contributed by atoms with Crippen molar-refractivity contribution in [1.82, 2.24) is 4.98 Å². The van der Waals surface area contributed by atoms with E-state index in [1.807, 2.05) is 11.0 Å². The van der Waals surface area contributed by atoms with Crippen molar-refractivity contribution in [3.63, 3.8) is 0 Å². The quantitative estimate of drug-likeness (QED) is 0.502. The molecule has 8 nitrogen and oxygen atoms in total. The van der Waals surface area contributed by atoms with E-state index in [1.54, 1.807) is 18.2 Å². The first-order valence-corrected chi connectivity index (χ1v) is 9.69. The van der Waals surface area contributed by atoms with Crippen LogP contribution in [0.4, 0.5) is 21.6 Å². The van der Waals surface area contributed by atoms with Gasteiger partial charge >= 0.3 is 0 Å². The zero-order chi connectivity index (χ0) is 22.0. The summed E-state index contributed by atoms with van der Waals surface area (Å²) >= 11 is 0. The largest absolute Gasteiger partial charge is 0.367 e. The summed E-state index contributed by atoms with van der Waals surface area (Å²) in [6, 6.07) is 14.2. The predicted molar refractivity (Wildman–Crippen MR) is 113 cm³/mol. The van der Waals surface area contributed by atoms with Crippen LogP contribution in [0.15, 0.2) is 42.5 Å². The Bertz CT molecular complexity index is 1260. The fourth-order valence-corrected chi connectivity index (χ4v) is 3.85. The molecule has 0 aliphatic carbocycles. The van der Waals surface area contributed by atoms with Gasteiger partial charge in [-0.1, -0.05) is 0 Å². The first-order valence-electron chi connectivity index (χ1n) is 9.69. The van der Waals surface area contributed by atoms with Crippen LogP contribution in [0.25, 0.3) is 10.9 Å². The Morgan fingerprint density at radius 3 is 2.74 bits per heavy atom. The summed E-state index contributed by atoms with van der Waals surface area (Å²) in [6.45, 7) is 1.23. The normalized spacial score (nSPS) is 15.8. The standard InChI is InChI=1S/C22H17FN6O2/c23-19-8-14(11-24)3-6-21(19)28-7-1-2-16(13-28)26-22-9-15(12-25)18-10-17(29(30)31)4-5-20(18)27-22/h3-6,8-10,16H,1-2,7,13H2,(H,26,27). The van der Waals surface area contributed by atoms with Crippen molar-refractivity contribution >= 4 is 28.1 Å². The molecule has 1 atom stereocenters. The first kappa shape index (κ1) is 20.0. The SMILES string of the molecule is N#Cc1ccc(N2CCCC(Nc3cc(C#N)c4cc([N+](=O)[O-])ccc4n3)C2)c(F)c1. The second-order valence-corrected chi connectivity index (χ2v) is 7.33. The van der Waals surface area contributed by atoms with Crippen LogP contribution < -0.4 is 10.2 Å². The molecule has 1 aromatic heterocycles. The third kappa shape index (κ3) is 4.07. The topological polar surface area (TPSA) is 119 Å². The number of benzene rings is 2. The number of fused-ring (bicyclic) bond motifs is 1. The van der Waals surface area contributed by atoms with E-state index in [0.29, 0.717) is 41.1 Å². The van der Waals surface area contributed by atoms with E-state index in [9.17, 15) is 19.8 Å². The van der Waals surface area contributed by atoms with Crippen LogP contribution in [0.5, 0.6) is 0 Å². The van der Waals surface area contributed by atoms with Crippen molar-refractivity contribution in [3.8, 4) is 12.1 Å². The number of rotatable bonds is 4. The van der Waals surface area contributed by atoms with Crippen LogP contribution in [0, 0.1) is 38.6 Å². The molecule has 0 radical (unpaired) electrons. The molecule has 2 heterocycles. The number of nitriles is 2. The number of piperidine rings is 1. The van der Waals surface area contributed by atoms with Crippen LogP contribution in [-0.2, 0) is 0 Å². The third-order valence-electron chi connectivity index (χ3n) is 5.31. The summed E-state index contributed by atoms with van der Waals surface area (Å²) in [5, 5.41) is 33.2. The Balaban J connectivity index is 1.57. The zero-order valence-corrected chi connectivity index (χ0v) is 16.4. The Morgan fingerprint density at radius 2 is 2.03 bits per heavy atom. The van der Waals surface area contributed by atoms with Gasteiger partial charge in [-0.25, -0.2) is 9.37 Å². The van der Waals surface area contributed by atoms with Gasteiger partial charge in [-0.2, -0.15) is 10.5 Å². The third-order valence-corrected chi connectivity index (χ3v) is 5.31. The monoisotopic (exact) mass is 416 g/mol. The number of non-ortho nitro benzene ring substituents is 1. The van der Waals surface area contributed by atoms with Crippen molar-refractivity contribution in [3.05, 3.63) is 69.5 Å². The van der Waals surface area contributed by atoms with Gasteiger partial charge in [0.05, 0.1) is 39.4 Å². The molecule has 1 aliphatic rings. The Morgan fingerprint density at radius 1 is 1.19 bits per heavy atom. The molecule has 0 saturated carbocycles. The highest BCUT2D eigenvalue weighted by Crippen LogP contribution is 2.28. The van der Waals surface area contributed by atoms with Gasteiger partial charge < -0.3 is 10.2 Å². The Hall–Kier alpha value is -4.24. The van der Waals surface area contributed by atoms with E-state index in [2.05, 4.69) is 16.4 Å². The van der Waals surface area contributed by atoms with Crippen LogP contribution in [0.3, 0.4) is 0 Å². The smallest absolute Gasteiger partial charge is 0.270 e. The van der Waals surface area contributed by atoms with Crippen molar-refractivity contribution in [2.24, 2.45) is 0 Å². The number of nitrogens with zero attached hydrogens (tertiary/aromatic N) is 5. The van der Waals surface area contributed by atoms with Crippen LogP contribution in [0.2, 0.25) is 0 Å². The number of nitro groups is 1. The second-order valence-electron chi connectivity index (χ2n) is 7.33. The molecule has 3 aromatic rings. The summed E-state index contributed by atoms with van der Waals surface area (Å²) in [5.41, 5.74) is 1.40. The lowest BCUT2D eigenvalue weighted by Gasteiger charge is -2.35. The van der Waals surface area contributed by atoms with E-state index in [-0.39, 0.29) is 17.3 Å². The van der Waals surface area contributed by atoms with Crippen molar-refractivity contribution < 1.29 is 9.31 Å². The van der Waals surface area contributed by atoms with Gasteiger partial charge in [0.2, 0.25) is 0 Å². The number of halogens is 1. The number of aromatic nitrogens is 1. The summed E-state index contributed by atoms with van der Waals surface area (Å²) in [7, 11) is 0. The fraction of sp³-hybridized carbons (Fsp3) is 0.227. The molecule has 9 heteroatoms. The maximum absolute atomic E-state index is 14.4. The van der Waals surface area contributed by atoms with Gasteiger partial charge in [-0.15, -0.1) is 0 Å². The number of hydrogen-bond acceptors (Lipinski definition) is 7.